The highest BCUT2D eigenvalue weighted by atomic mass is 16.3. The Hall–Kier alpha value is -0.610. The normalized spacial score (nSPS) is 30.9. The van der Waals surface area contributed by atoms with Crippen LogP contribution in [0.2, 0.25) is 0 Å². The molecule has 1 aliphatic rings. The number of nitrogens with two attached hydrogens (primary N) is 1. The number of hydrogen-bond acceptors (Lipinski definition) is 3. The Bertz CT molecular complexity index is 258. The van der Waals surface area contributed by atoms with Crippen LogP contribution >= 0.6 is 0 Å². The van der Waals surface area contributed by atoms with Gasteiger partial charge in [0.2, 0.25) is 5.91 Å². The summed E-state index contributed by atoms with van der Waals surface area (Å²) in [7, 11) is 0. The lowest BCUT2D eigenvalue weighted by atomic mass is 9.76. The quantitative estimate of drug-likeness (QED) is 0.677. The van der Waals surface area contributed by atoms with E-state index in [4.69, 9.17) is 5.73 Å². The Morgan fingerprint density at radius 3 is 2.88 bits per heavy atom. The van der Waals surface area contributed by atoms with Crippen LogP contribution in [0.15, 0.2) is 0 Å². The van der Waals surface area contributed by atoms with Crippen molar-refractivity contribution in [1.82, 2.24) is 5.32 Å². The van der Waals surface area contributed by atoms with Crippen LogP contribution in [0.25, 0.3) is 0 Å². The molecule has 3 atom stereocenters. The summed E-state index contributed by atoms with van der Waals surface area (Å²) in [5.74, 6) is 0.439. The number of hydrogen-bond donors (Lipinski definition) is 3. The van der Waals surface area contributed by atoms with Gasteiger partial charge in [-0.3, -0.25) is 4.79 Å². The van der Waals surface area contributed by atoms with Gasteiger partial charge < -0.3 is 16.2 Å². The molecule has 0 radical (unpaired) electrons. The van der Waals surface area contributed by atoms with E-state index in [0.717, 1.165) is 25.7 Å². The number of amides is 1. The fraction of sp³-hybridized carbons (Fsp3) is 0.923. The van der Waals surface area contributed by atoms with Crippen molar-refractivity contribution in [2.75, 3.05) is 6.61 Å². The molecule has 1 rings (SSSR count). The third kappa shape index (κ3) is 3.96. The van der Waals surface area contributed by atoms with Crippen LogP contribution in [0.5, 0.6) is 0 Å². The minimum absolute atomic E-state index is 0.0158. The number of nitrogens with one attached hydrogen (secondary N) is 1. The molecule has 1 amide bonds. The van der Waals surface area contributed by atoms with E-state index >= 15 is 0 Å². The molecule has 0 heterocycles. The monoisotopic (exact) mass is 242 g/mol. The van der Waals surface area contributed by atoms with Crippen molar-refractivity contribution in [1.29, 1.82) is 0 Å². The molecule has 4 heteroatoms. The molecule has 4 N–H and O–H groups in total. The Kier molecular flexibility index (Phi) is 5.40. The zero-order chi connectivity index (χ0) is 12.9. The maximum atomic E-state index is 11.9. The van der Waals surface area contributed by atoms with Crippen LogP contribution in [0.1, 0.15) is 52.4 Å². The molecule has 100 valence electrons. The van der Waals surface area contributed by atoms with E-state index in [1.54, 1.807) is 0 Å². The summed E-state index contributed by atoms with van der Waals surface area (Å²) in [6, 6.07) is -0.444. The Morgan fingerprint density at radius 2 is 2.35 bits per heavy atom. The van der Waals surface area contributed by atoms with E-state index in [0.29, 0.717) is 12.3 Å². The average molecular weight is 242 g/mol. The fourth-order valence-corrected chi connectivity index (χ4v) is 2.75. The molecule has 17 heavy (non-hydrogen) atoms. The third-order valence-corrected chi connectivity index (χ3v) is 3.72. The number of carbonyl (C=O) groups is 1. The standard InChI is InChI=1S/C13H26N2O2/c1-3-5-11(14)12(17)15-13(9-16)7-4-6-10(2)8-13/h10-11,16H,3-9,14H2,1-2H3,(H,15,17). The molecule has 0 aliphatic heterocycles. The first-order valence-electron chi connectivity index (χ1n) is 6.71. The van der Waals surface area contributed by atoms with Gasteiger partial charge in [-0.1, -0.05) is 33.1 Å². The van der Waals surface area contributed by atoms with Gasteiger partial charge in [0.1, 0.15) is 0 Å². The van der Waals surface area contributed by atoms with Gasteiger partial charge in [0.25, 0.3) is 0 Å². The molecule has 0 aromatic carbocycles. The first-order chi connectivity index (χ1) is 8.03. The van der Waals surface area contributed by atoms with Crippen molar-refractivity contribution in [3.63, 3.8) is 0 Å². The van der Waals surface area contributed by atoms with E-state index in [2.05, 4.69) is 12.2 Å². The number of aliphatic hydroxyl groups excluding tert-OH is 1. The molecule has 0 aromatic rings. The van der Waals surface area contributed by atoms with Gasteiger partial charge >= 0.3 is 0 Å². The van der Waals surface area contributed by atoms with Crippen LogP contribution < -0.4 is 11.1 Å². The van der Waals surface area contributed by atoms with Crippen LogP contribution in [0.3, 0.4) is 0 Å². The minimum Gasteiger partial charge on any atom is -0.394 e. The summed E-state index contributed by atoms with van der Waals surface area (Å²) in [5.41, 5.74) is 5.37. The van der Waals surface area contributed by atoms with E-state index in [1.807, 2.05) is 6.92 Å². The van der Waals surface area contributed by atoms with Crippen molar-refractivity contribution in [2.45, 2.75) is 64.0 Å². The topological polar surface area (TPSA) is 75.4 Å². The third-order valence-electron chi connectivity index (χ3n) is 3.72. The maximum absolute atomic E-state index is 11.9. The second-order valence-electron chi connectivity index (χ2n) is 5.52. The molecule has 0 bridgehead atoms. The molecular weight excluding hydrogens is 216 g/mol. The molecule has 1 aliphatic carbocycles. The zero-order valence-corrected chi connectivity index (χ0v) is 11.0. The van der Waals surface area contributed by atoms with E-state index < -0.39 is 11.6 Å². The number of carbonyl (C=O) groups excluding carboxylic acids is 1. The van der Waals surface area contributed by atoms with Crippen LogP contribution in [-0.4, -0.2) is 29.2 Å². The van der Waals surface area contributed by atoms with Gasteiger partial charge in [-0.25, -0.2) is 0 Å². The number of aliphatic hydroxyl groups is 1. The van der Waals surface area contributed by atoms with Crippen molar-refractivity contribution >= 4 is 5.91 Å². The van der Waals surface area contributed by atoms with Crippen LogP contribution in [-0.2, 0) is 4.79 Å². The Labute approximate surface area is 104 Å². The van der Waals surface area contributed by atoms with Gasteiger partial charge in [0.05, 0.1) is 18.2 Å². The summed E-state index contributed by atoms with van der Waals surface area (Å²) in [6.45, 7) is 4.20. The SMILES string of the molecule is CCCC(N)C(=O)NC1(CO)CCCC(C)C1. The van der Waals surface area contributed by atoms with Gasteiger partial charge in [0, 0.05) is 0 Å². The Morgan fingerprint density at radius 1 is 1.65 bits per heavy atom. The van der Waals surface area contributed by atoms with Gasteiger partial charge in [-0.05, 0) is 25.2 Å². The average Bonchev–Trinajstić information content (AvgIpc) is 2.29. The molecule has 1 saturated carbocycles. The lowest BCUT2D eigenvalue weighted by molar-refractivity contribution is -0.125. The molecule has 1 fully saturated rings. The van der Waals surface area contributed by atoms with Crippen molar-refractivity contribution in [3.8, 4) is 0 Å². The molecule has 4 nitrogen and oxygen atoms in total. The van der Waals surface area contributed by atoms with E-state index in [9.17, 15) is 9.90 Å². The van der Waals surface area contributed by atoms with Gasteiger partial charge in [0.15, 0.2) is 0 Å². The Balaban J connectivity index is 2.58. The van der Waals surface area contributed by atoms with Gasteiger partial charge in [-0.15, -0.1) is 0 Å². The zero-order valence-electron chi connectivity index (χ0n) is 11.0. The van der Waals surface area contributed by atoms with Crippen molar-refractivity contribution in [3.05, 3.63) is 0 Å². The highest BCUT2D eigenvalue weighted by Gasteiger charge is 2.36. The molecule has 0 aromatic heterocycles. The first kappa shape index (κ1) is 14.5. The molecule has 0 saturated heterocycles. The lowest BCUT2D eigenvalue weighted by Gasteiger charge is -2.40. The van der Waals surface area contributed by atoms with Crippen LogP contribution in [0.4, 0.5) is 0 Å². The summed E-state index contributed by atoms with van der Waals surface area (Å²) >= 11 is 0. The summed E-state index contributed by atoms with van der Waals surface area (Å²) in [4.78, 5) is 11.9. The first-order valence-corrected chi connectivity index (χ1v) is 6.71. The molecular formula is C13H26N2O2. The van der Waals surface area contributed by atoms with Crippen molar-refractivity contribution < 1.29 is 9.90 Å². The maximum Gasteiger partial charge on any atom is 0.237 e. The highest BCUT2D eigenvalue weighted by Crippen LogP contribution is 2.32. The smallest absolute Gasteiger partial charge is 0.237 e. The predicted octanol–water partition coefficient (Wildman–Crippen LogP) is 1.17. The van der Waals surface area contributed by atoms with E-state index in [-0.39, 0.29) is 12.5 Å². The van der Waals surface area contributed by atoms with Gasteiger partial charge in [-0.2, -0.15) is 0 Å². The van der Waals surface area contributed by atoms with E-state index in [1.165, 1.54) is 6.42 Å². The summed E-state index contributed by atoms with van der Waals surface area (Å²) < 4.78 is 0. The largest absolute Gasteiger partial charge is 0.394 e. The minimum atomic E-state index is -0.444. The number of rotatable bonds is 5. The summed E-state index contributed by atoms with van der Waals surface area (Å²) in [6.07, 6.45) is 5.55. The second-order valence-corrected chi connectivity index (χ2v) is 5.52. The van der Waals surface area contributed by atoms with Crippen LogP contribution in [0, 0.1) is 5.92 Å². The lowest BCUT2D eigenvalue weighted by Crippen LogP contribution is -2.57. The highest BCUT2D eigenvalue weighted by molar-refractivity contribution is 5.82. The summed E-state index contributed by atoms with van der Waals surface area (Å²) in [5, 5.41) is 12.5. The fourth-order valence-electron chi connectivity index (χ4n) is 2.75. The van der Waals surface area contributed by atoms with Crippen molar-refractivity contribution in [2.24, 2.45) is 11.7 Å². The molecule has 3 unspecified atom stereocenters. The predicted molar refractivity (Wildman–Crippen MR) is 68.5 cm³/mol. The second kappa shape index (κ2) is 6.36. The molecule has 0 spiro atoms.